The lowest BCUT2D eigenvalue weighted by atomic mass is 10.3. The van der Waals surface area contributed by atoms with Gasteiger partial charge in [-0.1, -0.05) is 0 Å². The number of pyridine rings is 2. The van der Waals surface area contributed by atoms with Gasteiger partial charge in [0.1, 0.15) is 22.9 Å². The second-order valence-electron chi connectivity index (χ2n) is 3.91. The van der Waals surface area contributed by atoms with Crippen LogP contribution in [0.3, 0.4) is 0 Å². The van der Waals surface area contributed by atoms with Gasteiger partial charge >= 0.3 is 10.1 Å². The molecule has 0 aliphatic heterocycles. The highest BCUT2D eigenvalue weighted by atomic mass is 32.2. The summed E-state index contributed by atoms with van der Waals surface area (Å²) < 4.78 is 28.3. The van der Waals surface area contributed by atoms with Crippen LogP contribution in [0.1, 0.15) is 0 Å². The molecule has 98 valence electrons. The Morgan fingerprint density at radius 1 is 1.32 bits per heavy atom. The van der Waals surface area contributed by atoms with Gasteiger partial charge in [-0.3, -0.25) is 9.27 Å². The predicted molar refractivity (Wildman–Crippen MR) is 68.7 cm³/mol. The van der Waals surface area contributed by atoms with Crippen molar-refractivity contribution in [1.29, 1.82) is 0 Å². The summed E-state index contributed by atoms with van der Waals surface area (Å²) >= 11 is 0. The van der Waals surface area contributed by atoms with E-state index in [9.17, 15) is 8.42 Å². The molecule has 2 N–H and O–H groups in total. The maximum atomic E-state index is 11.2. The maximum absolute atomic E-state index is 11.2. The number of rotatable bonds is 2. The molecule has 0 aliphatic rings. The first-order valence-electron chi connectivity index (χ1n) is 5.23. The van der Waals surface area contributed by atoms with Crippen molar-refractivity contribution in [3.63, 3.8) is 0 Å². The fourth-order valence-corrected chi connectivity index (χ4v) is 2.20. The molecule has 0 unspecified atom stereocenters. The van der Waals surface area contributed by atoms with Crippen LogP contribution >= 0.6 is 0 Å². The molecule has 0 radical (unpaired) electrons. The lowest BCUT2D eigenvalue weighted by Crippen LogP contribution is -2.17. The number of nitrogens with two attached hydrogens (primary N) is 1. The average molecular weight is 279 g/mol. The first-order valence-corrected chi connectivity index (χ1v) is 7.04. The number of hydrogen-bond donors (Lipinski definition) is 1. The smallest absolute Gasteiger partial charge is 0.324 e. The number of fused-ring (bicyclic) bond motifs is 3. The third kappa shape index (κ3) is 1.93. The van der Waals surface area contributed by atoms with E-state index in [1.54, 1.807) is 18.3 Å². The minimum absolute atomic E-state index is 0.186. The van der Waals surface area contributed by atoms with Crippen LogP contribution < -0.4 is 10.0 Å². The summed E-state index contributed by atoms with van der Waals surface area (Å²) in [4.78, 5) is 12.3. The van der Waals surface area contributed by atoms with Gasteiger partial charge in [-0.2, -0.15) is 8.42 Å². The van der Waals surface area contributed by atoms with Crippen molar-refractivity contribution in [2.24, 2.45) is 0 Å². The van der Waals surface area contributed by atoms with Crippen molar-refractivity contribution >= 4 is 38.0 Å². The normalized spacial score (nSPS) is 12.1. The zero-order chi connectivity index (χ0) is 13.6. The molecule has 3 rings (SSSR count). The molecular formula is C10H9N5O3S. The SMILES string of the molecule is CS(=O)(=O)On1cnc2c(N)nc3cccnc3c21. The molecule has 8 nitrogen and oxygen atoms in total. The average Bonchev–Trinajstić information content (AvgIpc) is 2.72. The zero-order valence-electron chi connectivity index (χ0n) is 9.81. The highest BCUT2D eigenvalue weighted by molar-refractivity contribution is 7.86. The summed E-state index contributed by atoms with van der Waals surface area (Å²) in [5.41, 5.74) is 7.49. The molecule has 19 heavy (non-hydrogen) atoms. The Balaban J connectivity index is 2.42. The van der Waals surface area contributed by atoms with Gasteiger partial charge < -0.3 is 5.73 Å². The lowest BCUT2D eigenvalue weighted by molar-refractivity contribution is 0.294. The summed E-state index contributed by atoms with van der Waals surface area (Å²) in [6, 6.07) is 3.43. The third-order valence-electron chi connectivity index (χ3n) is 2.45. The molecule has 9 heteroatoms. The largest absolute Gasteiger partial charge is 0.382 e. The summed E-state index contributed by atoms with van der Waals surface area (Å²) in [6.45, 7) is 0. The molecule has 3 aromatic heterocycles. The van der Waals surface area contributed by atoms with Crippen molar-refractivity contribution in [3.8, 4) is 0 Å². The Hall–Kier alpha value is -2.42. The van der Waals surface area contributed by atoms with Crippen molar-refractivity contribution in [3.05, 3.63) is 24.7 Å². The van der Waals surface area contributed by atoms with Gasteiger partial charge in [-0.05, 0) is 12.1 Å². The second kappa shape index (κ2) is 3.79. The van der Waals surface area contributed by atoms with Crippen LogP contribution in [-0.2, 0) is 10.1 Å². The number of imidazole rings is 1. The van der Waals surface area contributed by atoms with Gasteiger partial charge in [0.05, 0.1) is 11.8 Å². The van der Waals surface area contributed by atoms with Gasteiger partial charge in [0, 0.05) is 6.20 Å². The second-order valence-corrected chi connectivity index (χ2v) is 5.47. The molecule has 0 saturated heterocycles. The first-order chi connectivity index (χ1) is 8.96. The molecule has 0 spiro atoms. The summed E-state index contributed by atoms with van der Waals surface area (Å²) in [6.07, 6.45) is 3.73. The fourth-order valence-electron chi connectivity index (χ4n) is 1.79. The molecule has 3 heterocycles. The Morgan fingerprint density at radius 2 is 2.11 bits per heavy atom. The van der Waals surface area contributed by atoms with Crippen LogP contribution in [0.5, 0.6) is 0 Å². The maximum Gasteiger partial charge on any atom is 0.324 e. The van der Waals surface area contributed by atoms with E-state index in [0.717, 1.165) is 11.0 Å². The molecule has 0 bridgehead atoms. The number of nitrogens with zero attached hydrogens (tertiary/aromatic N) is 4. The monoisotopic (exact) mass is 279 g/mol. The van der Waals surface area contributed by atoms with E-state index in [2.05, 4.69) is 15.0 Å². The van der Waals surface area contributed by atoms with Gasteiger partial charge in [-0.15, -0.1) is 4.73 Å². The fraction of sp³-hybridized carbons (Fsp3) is 0.100. The minimum Gasteiger partial charge on any atom is -0.382 e. The zero-order valence-corrected chi connectivity index (χ0v) is 10.6. The van der Waals surface area contributed by atoms with Crippen LogP contribution in [0, 0.1) is 0 Å². The molecule has 0 amide bonds. The molecule has 0 fully saturated rings. The van der Waals surface area contributed by atoms with Crippen LogP contribution in [0.25, 0.3) is 22.1 Å². The van der Waals surface area contributed by atoms with E-state index in [0.29, 0.717) is 22.1 Å². The van der Waals surface area contributed by atoms with Crippen molar-refractivity contribution in [1.82, 2.24) is 19.7 Å². The van der Waals surface area contributed by atoms with Gasteiger partial charge in [0.2, 0.25) is 0 Å². The number of aromatic nitrogens is 4. The quantitative estimate of drug-likeness (QED) is 0.699. The summed E-state index contributed by atoms with van der Waals surface area (Å²) in [5, 5.41) is 0. The lowest BCUT2D eigenvalue weighted by Gasteiger charge is -2.05. The van der Waals surface area contributed by atoms with Crippen molar-refractivity contribution in [2.75, 3.05) is 12.0 Å². The number of anilines is 1. The molecule has 3 aromatic rings. The van der Waals surface area contributed by atoms with Gasteiger partial charge in [-0.25, -0.2) is 9.97 Å². The van der Waals surface area contributed by atoms with Crippen LogP contribution in [0.2, 0.25) is 0 Å². The molecule has 0 saturated carbocycles. The standard InChI is InChI=1S/C10H9N5O3S/c1-19(16,17)18-15-5-13-8-9(15)7-6(14-10(8)11)3-2-4-12-7/h2-5H,1H3,(H2,11,14). The first kappa shape index (κ1) is 11.7. The Labute approximate surface area is 107 Å². The highest BCUT2D eigenvalue weighted by Crippen LogP contribution is 2.24. The Bertz CT molecular complexity index is 887. The van der Waals surface area contributed by atoms with E-state index < -0.39 is 10.1 Å². The molecular weight excluding hydrogens is 270 g/mol. The van der Waals surface area contributed by atoms with Gasteiger partial charge in [0.25, 0.3) is 0 Å². The molecule has 0 atom stereocenters. The highest BCUT2D eigenvalue weighted by Gasteiger charge is 2.16. The summed E-state index contributed by atoms with van der Waals surface area (Å²) in [7, 11) is -3.69. The number of hydrogen-bond acceptors (Lipinski definition) is 7. The number of nitrogen functional groups attached to an aromatic ring is 1. The van der Waals surface area contributed by atoms with E-state index in [-0.39, 0.29) is 5.82 Å². The Kier molecular flexibility index (Phi) is 2.32. The molecule has 0 aromatic carbocycles. The predicted octanol–water partition coefficient (Wildman–Crippen LogP) is -0.0501. The minimum atomic E-state index is -3.69. The van der Waals surface area contributed by atoms with E-state index in [1.807, 2.05) is 0 Å². The topological polar surface area (TPSA) is 113 Å². The van der Waals surface area contributed by atoms with Crippen LogP contribution in [-0.4, -0.2) is 34.4 Å². The Morgan fingerprint density at radius 3 is 2.84 bits per heavy atom. The van der Waals surface area contributed by atoms with E-state index in [4.69, 9.17) is 10.0 Å². The van der Waals surface area contributed by atoms with E-state index >= 15 is 0 Å². The van der Waals surface area contributed by atoms with Crippen LogP contribution in [0.15, 0.2) is 24.7 Å². The van der Waals surface area contributed by atoms with E-state index in [1.165, 1.54) is 6.33 Å². The van der Waals surface area contributed by atoms with Crippen LogP contribution in [0.4, 0.5) is 5.82 Å². The molecule has 0 aliphatic carbocycles. The third-order valence-corrected chi connectivity index (χ3v) is 2.88. The van der Waals surface area contributed by atoms with Crippen molar-refractivity contribution in [2.45, 2.75) is 0 Å². The summed E-state index contributed by atoms with van der Waals surface area (Å²) in [5.74, 6) is 0.186. The van der Waals surface area contributed by atoms with Crippen molar-refractivity contribution < 1.29 is 12.7 Å². The van der Waals surface area contributed by atoms with Gasteiger partial charge in [0.15, 0.2) is 5.82 Å².